The molecule has 5 nitrogen and oxygen atoms in total. The number of ether oxygens (including phenoxy) is 3. The third-order valence-corrected chi connectivity index (χ3v) is 13.3. The van der Waals surface area contributed by atoms with Gasteiger partial charge in [0.25, 0.3) is 0 Å². The van der Waals surface area contributed by atoms with Crippen LogP contribution < -0.4 is 11.5 Å². The summed E-state index contributed by atoms with van der Waals surface area (Å²) >= 11 is 0. The molecule has 4 rings (SSSR count). The van der Waals surface area contributed by atoms with E-state index in [-0.39, 0.29) is 0 Å². The lowest BCUT2D eigenvalue weighted by Gasteiger charge is -2.63. The Labute approximate surface area is 266 Å². The SMILES string of the molecule is CCCCCCCCOCCCC(C)C1CC[C@H]2C3C(CCC12C)C1(C)CC[C@@H](OCCCN)CC1C[C@H]3OCCCN. The molecule has 43 heavy (non-hydrogen) atoms. The number of rotatable bonds is 20. The molecule has 0 aromatic heterocycles. The number of nitrogens with two attached hydrogens (primary N) is 2. The molecule has 0 aliphatic heterocycles. The summed E-state index contributed by atoms with van der Waals surface area (Å²) in [5, 5.41) is 0. The third kappa shape index (κ3) is 8.79. The first-order valence-electron chi connectivity index (χ1n) is 19.1. The van der Waals surface area contributed by atoms with Gasteiger partial charge >= 0.3 is 0 Å². The molecule has 0 heterocycles. The maximum atomic E-state index is 6.85. The maximum Gasteiger partial charge on any atom is 0.0611 e. The van der Waals surface area contributed by atoms with Gasteiger partial charge < -0.3 is 25.7 Å². The first-order valence-corrected chi connectivity index (χ1v) is 19.1. The van der Waals surface area contributed by atoms with Gasteiger partial charge in [-0.1, -0.05) is 59.8 Å². The van der Waals surface area contributed by atoms with Crippen molar-refractivity contribution < 1.29 is 14.2 Å². The molecular weight excluding hydrogens is 532 g/mol. The molecule has 7 unspecified atom stereocenters. The van der Waals surface area contributed by atoms with E-state index < -0.39 is 0 Å². The Morgan fingerprint density at radius 1 is 0.698 bits per heavy atom. The zero-order valence-corrected chi connectivity index (χ0v) is 29.0. The average molecular weight is 605 g/mol. The van der Waals surface area contributed by atoms with Gasteiger partial charge in [-0.2, -0.15) is 0 Å². The van der Waals surface area contributed by atoms with E-state index >= 15 is 0 Å². The Hall–Kier alpha value is -0.200. The van der Waals surface area contributed by atoms with Crippen molar-refractivity contribution in [3.05, 3.63) is 0 Å². The van der Waals surface area contributed by atoms with Crippen molar-refractivity contribution in [3.8, 4) is 0 Å². The highest BCUT2D eigenvalue weighted by atomic mass is 16.5. The second-order valence-electron chi connectivity index (χ2n) is 15.9. The number of unbranched alkanes of at least 4 members (excludes halogenated alkanes) is 5. The van der Waals surface area contributed by atoms with Crippen LogP contribution in [0.5, 0.6) is 0 Å². The zero-order chi connectivity index (χ0) is 30.7. The molecule has 0 amide bonds. The van der Waals surface area contributed by atoms with Gasteiger partial charge in [0, 0.05) is 26.4 Å². The smallest absolute Gasteiger partial charge is 0.0611 e. The second kappa shape index (κ2) is 17.6. The molecule has 0 saturated heterocycles. The van der Waals surface area contributed by atoms with Crippen molar-refractivity contribution in [1.29, 1.82) is 0 Å². The molecule has 0 bridgehead atoms. The van der Waals surface area contributed by atoms with Gasteiger partial charge in [-0.15, -0.1) is 0 Å². The van der Waals surface area contributed by atoms with Gasteiger partial charge in [0.2, 0.25) is 0 Å². The summed E-state index contributed by atoms with van der Waals surface area (Å²) in [5.41, 5.74) is 12.6. The molecule has 4 fully saturated rings. The predicted molar refractivity (Wildman–Crippen MR) is 180 cm³/mol. The minimum absolute atomic E-state index is 0.395. The van der Waals surface area contributed by atoms with Crippen LogP contribution in [0.25, 0.3) is 0 Å². The Bertz CT molecular complexity index is 780. The molecule has 10 atom stereocenters. The maximum absolute atomic E-state index is 6.85. The highest BCUT2D eigenvalue weighted by Crippen LogP contribution is 2.68. The summed E-state index contributed by atoms with van der Waals surface area (Å²) in [4.78, 5) is 0. The van der Waals surface area contributed by atoms with Gasteiger partial charge in [0.15, 0.2) is 0 Å². The van der Waals surface area contributed by atoms with Crippen LogP contribution in [0, 0.1) is 46.3 Å². The molecule has 4 saturated carbocycles. The largest absolute Gasteiger partial charge is 0.381 e. The topological polar surface area (TPSA) is 79.7 Å². The first-order chi connectivity index (χ1) is 20.9. The van der Waals surface area contributed by atoms with Gasteiger partial charge in [0.05, 0.1) is 12.2 Å². The van der Waals surface area contributed by atoms with Crippen LogP contribution in [-0.4, -0.2) is 51.7 Å². The highest BCUT2D eigenvalue weighted by Gasteiger charge is 2.63. The van der Waals surface area contributed by atoms with E-state index in [1.54, 1.807) is 0 Å². The van der Waals surface area contributed by atoms with Crippen molar-refractivity contribution >= 4 is 0 Å². The molecule has 5 heteroatoms. The molecular formula is C38H72N2O3. The number of hydrogen-bond acceptors (Lipinski definition) is 5. The molecule has 0 spiro atoms. The fraction of sp³-hybridized carbons (Fsp3) is 1.00. The fourth-order valence-corrected chi connectivity index (χ4v) is 10.9. The van der Waals surface area contributed by atoms with Gasteiger partial charge in [0.1, 0.15) is 0 Å². The lowest BCUT2D eigenvalue weighted by Crippen LogP contribution is -2.59. The number of fused-ring (bicyclic) bond motifs is 5. The van der Waals surface area contributed by atoms with E-state index in [4.69, 9.17) is 25.7 Å². The minimum atomic E-state index is 0.395. The van der Waals surface area contributed by atoms with Crippen LogP contribution in [0.15, 0.2) is 0 Å². The summed E-state index contributed by atoms with van der Waals surface area (Å²) < 4.78 is 19.3. The van der Waals surface area contributed by atoms with Crippen LogP contribution in [0.4, 0.5) is 0 Å². The first kappa shape index (κ1) is 35.7. The van der Waals surface area contributed by atoms with Crippen molar-refractivity contribution in [2.75, 3.05) is 39.5 Å². The summed E-state index contributed by atoms with van der Waals surface area (Å²) in [7, 11) is 0. The Balaban J connectivity index is 1.34. The number of hydrogen-bond donors (Lipinski definition) is 2. The Kier molecular flexibility index (Phi) is 14.6. The standard InChI is InChI=1S/C38H72N2O3/c1-5-6-7-8-9-10-23-41-24-11-14-29(2)32-15-16-33-36-34(18-20-38(32,33)4)37(3)19-17-31(42-25-12-21-39)27-30(37)28-35(36)43-26-13-22-40/h29-36H,5-28,39-40H2,1-4H3/t29?,30?,31-,32?,33+,34?,35-,36?,37?,38?/m1/s1. The molecule has 0 radical (unpaired) electrons. The van der Waals surface area contributed by atoms with Crippen molar-refractivity contribution in [2.45, 2.75) is 155 Å². The van der Waals surface area contributed by atoms with Crippen molar-refractivity contribution in [2.24, 2.45) is 57.8 Å². The summed E-state index contributed by atoms with van der Waals surface area (Å²) in [6, 6.07) is 0. The summed E-state index contributed by atoms with van der Waals surface area (Å²) in [6.07, 6.45) is 23.9. The molecule has 252 valence electrons. The lowest BCUT2D eigenvalue weighted by atomic mass is 9.43. The molecule has 4 aliphatic rings. The van der Waals surface area contributed by atoms with Crippen LogP contribution in [0.3, 0.4) is 0 Å². The van der Waals surface area contributed by atoms with Crippen LogP contribution in [0.2, 0.25) is 0 Å². The van der Waals surface area contributed by atoms with E-state index in [0.717, 1.165) is 76.0 Å². The van der Waals surface area contributed by atoms with Crippen LogP contribution in [0.1, 0.15) is 143 Å². The van der Waals surface area contributed by atoms with Gasteiger partial charge in [-0.05, 0) is 143 Å². The van der Waals surface area contributed by atoms with Gasteiger partial charge in [-0.3, -0.25) is 0 Å². The zero-order valence-electron chi connectivity index (χ0n) is 29.0. The van der Waals surface area contributed by atoms with Crippen molar-refractivity contribution in [3.63, 3.8) is 0 Å². The second-order valence-corrected chi connectivity index (χ2v) is 15.9. The van der Waals surface area contributed by atoms with E-state index in [0.29, 0.717) is 34.9 Å². The fourth-order valence-electron chi connectivity index (χ4n) is 10.9. The Morgan fingerprint density at radius 3 is 2.14 bits per heavy atom. The van der Waals surface area contributed by atoms with E-state index in [1.807, 2.05) is 0 Å². The molecule has 4 N–H and O–H groups in total. The summed E-state index contributed by atoms with van der Waals surface area (Å²) in [6.45, 7) is 15.2. The minimum Gasteiger partial charge on any atom is -0.381 e. The van der Waals surface area contributed by atoms with E-state index in [1.165, 1.54) is 103 Å². The normalized spacial score (nSPS) is 38.0. The van der Waals surface area contributed by atoms with Crippen LogP contribution in [-0.2, 0) is 14.2 Å². The van der Waals surface area contributed by atoms with Crippen molar-refractivity contribution in [1.82, 2.24) is 0 Å². The van der Waals surface area contributed by atoms with Crippen LogP contribution >= 0.6 is 0 Å². The molecule has 4 aliphatic carbocycles. The quantitative estimate of drug-likeness (QED) is 0.136. The lowest BCUT2D eigenvalue weighted by molar-refractivity contribution is -0.191. The predicted octanol–water partition coefficient (Wildman–Crippen LogP) is 8.52. The van der Waals surface area contributed by atoms with E-state index in [9.17, 15) is 0 Å². The summed E-state index contributed by atoms with van der Waals surface area (Å²) in [5.74, 6) is 4.66. The average Bonchev–Trinajstić information content (AvgIpc) is 3.36. The van der Waals surface area contributed by atoms with Gasteiger partial charge in [-0.25, -0.2) is 0 Å². The monoisotopic (exact) mass is 605 g/mol. The highest BCUT2D eigenvalue weighted by molar-refractivity contribution is 5.12. The third-order valence-electron chi connectivity index (χ3n) is 13.3. The van der Waals surface area contributed by atoms with E-state index in [2.05, 4.69) is 27.7 Å². The Morgan fingerprint density at radius 2 is 1.37 bits per heavy atom. The molecule has 0 aromatic carbocycles. The molecule has 0 aromatic rings.